The summed E-state index contributed by atoms with van der Waals surface area (Å²) in [6.07, 6.45) is 5.13. The first-order valence-electron chi connectivity index (χ1n) is 5.90. The van der Waals surface area contributed by atoms with Gasteiger partial charge in [0.05, 0.1) is 5.02 Å². The first-order chi connectivity index (χ1) is 8.34. The average Bonchev–Trinajstić information content (AvgIpc) is 2.76. The monoisotopic (exact) mass is 251 g/mol. The third-order valence-corrected chi connectivity index (χ3v) is 3.56. The van der Waals surface area contributed by atoms with Crippen LogP contribution in [0.1, 0.15) is 18.7 Å². The van der Waals surface area contributed by atoms with E-state index < -0.39 is 0 Å². The molecule has 0 aliphatic carbocycles. The van der Waals surface area contributed by atoms with Crippen LogP contribution in [0.4, 0.5) is 0 Å². The molecule has 3 heterocycles. The molecule has 3 rings (SSSR count). The Labute approximate surface area is 105 Å². The van der Waals surface area contributed by atoms with Crippen LogP contribution >= 0.6 is 11.6 Å². The molecule has 4 nitrogen and oxygen atoms in total. The Morgan fingerprint density at radius 2 is 2.18 bits per heavy atom. The zero-order valence-corrected chi connectivity index (χ0v) is 10.2. The van der Waals surface area contributed by atoms with Crippen molar-refractivity contribution in [1.82, 2.24) is 14.6 Å². The van der Waals surface area contributed by atoms with E-state index in [1.807, 2.05) is 22.7 Å². The van der Waals surface area contributed by atoms with Gasteiger partial charge in [-0.1, -0.05) is 11.6 Å². The smallest absolute Gasteiger partial charge is 0.179 e. The van der Waals surface area contributed by atoms with E-state index in [1.54, 1.807) is 0 Å². The van der Waals surface area contributed by atoms with Crippen LogP contribution in [0.3, 0.4) is 0 Å². The van der Waals surface area contributed by atoms with Gasteiger partial charge >= 0.3 is 0 Å². The fourth-order valence-corrected chi connectivity index (χ4v) is 2.48. The van der Waals surface area contributed by atoms with E-state index in [0.717, 1.165) is 43.9 Å². The zero-order valence-electron chi connectivity index (χ0n) is 9.47. The summed E-state index contributed by atoms with van der Waals surface area (Å²) in [6, 6.07) is 3.76. The maximum atomic E-state index is 6.07. The van der Waals surface area contributed by atoms with Crippen LogP contribution in [0.25, 0.3) is 5.65 Å². The Morgan fingerprint density at radius 3 is 3.00 bits per heavy atom. The van der Waals surface area contributed by atoms with Gasteiger partial charge in [0, 0.05) is 25.8 Å². The van der Waals surface area contributed by atoms with Gasteiger partial charge in [-0.3, -0.25) is 4.40 Å². The molecule has 0 aromatic carbocycles. The highest BCUT2D eigenvalue weighted by Crippen LogP contribution is 2.21. The molecular formula is C12H14ClN3O. The van der Waals surface area contributed by atoms with Crippen molar-refractivity contribution in [2.45, 2.75) is 19.3 Å². The predicted octanol–water partition coefficient (Wildman–Crippen LogP) is 2.35. The minimum atomic E-state index is 0.648. The van der Waals surface area contributed by atoms with Gasteiger partial charge in [-0.05, 0) is 30.9 Å². The molecule has 1 fully saturated rings. The van der Waals surface area contributed by atoms with Crippen LogP contribution < -0.4 is 0 Å². The van der Waals surface area contributed by atoms with Crippen molar-refractivity contribution in [2.24, 2.45) is 5.92 Å². The molecule has 1 aliphatic heterocycles. The van der Waals surface area contributed by atoms with E-state index in [4.69, 9.17) is 16.3 Å². The maximum absolute atomic E-state index is 6.07. The lowest BCUT2D eigenvalue weighted by molar-refractivity contribution is 0.0659. The average molecular weight is 252 g/mol. The van der Waals surface area contributed by atoms with Crippen molar-refractivity contribution in [2.75, 3.05) is 13.2 Å². The van der Waals surface area contributed by atoms with E-state index in [2.05, 4.69) is 10.2 Å². The Bertz CT molecular complexity index is 519. The van der Waals surface area contributed by atoms with E-state index >= 15 is 0 Å². The first kappa shape index (κ1) is 11.0. The Balaban J connectivity index is 1.87. The molecule has 0 N–H and O–H groups in total. The number of hydrogen-bond donors (Lipinski definition) is 0. The fourth-order valence-electron chi connectivity index (χ4n) is 2.28. The van der Waals surface area contributed by atoms with Gasteiger partial charge in [-0.2, -0.15) is 0 Å². The molecule has 0 amide bonds. The summed E-state index contributed by atoms with van der Waals surface area (Å²) >= 11 is 6.07. The van der Waals surface area contributed by atoms with Gasteiger partial charge in [0.1, 0.15) is 5.82 Å². The lowest BCUT2D eigenvalue weighted by Crippen LogP contribution is -2.18. The highest BCUT2D eigenvalue weighted by atomic mass is 35.5. The summed E-state index contributed by atoms with van der Waals surface area (Å²) in [5.41, 5.74) is 0.747. The van der Waals surface area contributed by atoms with Crippen LogP contribution in [0.5, 0.6) is 0 Å². The summed E-state index contributed by atoms with van der Waals surface area (Å²) < 4.78 is 7.35. The minimum Gasteiger partial charge on any atom is -0.381 e. The first-order valence-corrected chi connectivity index (χ1v) is 6.28. The lowest BCUT2D eigenvalue weighted by Gasteiger charge is -2.20. The SMILES string of the molecule is Clc1cccn2c(CC3CCOCC3)nnc12. The number of halogens is 1. The van der Waals surface area contributed by atoms with Gasteiger partial charge in [0.25, 0.3) is 0 Å². The highest BCUT2D eigenvalue weighted by molar-refractivity contribution is 6.33. The van der Waals surface area contributed by atoms with E-state index in [9.17, 15) is 0 Å². The van der Waals surface area contributed by atoms with Gasteiger partial charge in [-0.25, -0.2) is 0 Å². The molecule has 0 radical (unpaired) electrons. The molecule has 0 bridgehead atoms. The summed E-state index contributed by atoms with van der Waals surface area (Å²) in [5.74, 6) is 1.64. The molecule has 90 valence electrons. The molecule has 0 spiro atoms. The summed E-state index contributed by atoms with van der Waals surface area (Å²) in [6.45, 7) is 1.73. The number of pyridine rings is 1. The van der Waals surface area contributed by atoms with Crippen molar-refractivity contribution in [3.8, 4) is 0 Å². The number of hydrogen-bond acceptors (Lipinski definition) is 3. The van der Waals surface area contributed by atoms with Crippen molar-refractivity contribution >= 4 is 17.2 Å². The third kappa shape index (κ3) is 2.15. The molecule has 2 aromatic heterocycles. The molecule has 0 atom stereocenters. The molecule has 0 unspecified atom stereocenters. The zero-order chi connectivity index (χ0) is 11.7. The van der Waals surface area contributed by atoms with E-state index in [-0.39, 0.29) is 0 Å². The summed E-state index contributed by atoms with van der Waals surface area (Å²) in [7, 11) is 0. The van der Waals surface area contributed by atoms with Gasteiger partial charge in [-0.15, -0.1) is 10.2 Å². The second kappa shape index (κ2) is 4.63. The number of aromatic nitrogens is 3. The van der Waals surface area contributed by atoms with Crippen LogP contribution in [-0.2, 0) is 11.2 Å². The molecule has 17 heavy (non-hydrogen) atoms. The Kier molecular flexibility index (Phi) is 2.99. The van der Waals surface area contributed by atoms with E-state index in [0.29, 0.717) is 10.9 Å². The van der Waals surface area contributed by atoms with E-state index in [1.165, 1.54) is 0 Å². The van der Waals surface area contributed by atoms with Crippen molar-refractivity contribution in [1.29, 1.82) is 0 Å². The number of fused-ring (bicyclic) bond motifs is 1. The van der Waals surface area contributed by atoms with Crippen LogP contribution in [-0.4, -0.2) is 27.8 Å². The maximum Gasteiger partial charge on any atom is 0.179 e. The molecule has 0 saturated carbocycles. The standard InChI is InChI=1S/C12H14ClN3O/c13-10-2-1-5-16-11(14-15-12(10)16)8-9-3-6-17-7-4-9/h1-2,5,9H,3-4,6-8H2. The normalized spacial score (nSPS) is 17.7. The minimum absolute atomic E-state index is 0.648. The topological polar surface area (TPSA) is 39.4 Å². The highest BCUT2D eigenvalue weighted by Gasteiger charge is 2.17. The number of ether oxygens (including phenoxy) is 1. The second-order valence-electron chi connectivity index (χ2n) is 4.43. The van der Waals surface area contributed by atoms with Gasteiger partial charge < -0.3 is 4.74 Å². The predicted molar refractivity (Wildman–Crippen MR) is 65.2 cm³/mol. The van der Waals surface area contributed by atoms with Crippen molar-refractivity contribution in [3.63, 3.8) is 0 Å². The quantitative estimate of drug-likeness (QED) is 0.823. The largest absolute Gasteiger partial charge is 0.381 e. The summed E-state index contributed by atoms with van der Waals surface area (Å²) in [4.78, 5) is 0. The second-order valence-corrected chi connectivity index (χ2v) is 4.83. The van der Waals surface area contributed by atoms with Crippen molar-refractivity contribution in [3.05, 3.63) is 29.2 Å². The van der Waals surface area contributed by atoms with Gasteiger partial charge in [0.2, 0.25) is 0 Å². The Hall–Kier alpha value is -1.13. The molecule has 2 aromatic rings. The van der Waals surface area contributed by atoms with Crippen molar-refractivity contribution < 1.29 is 4.74 Å². The third-order valence-electron chi connectivity index (χ3n) is 3.27. The number of rotatable bonds is 2. The van der Waals surface area contributed by atoms with Crippen LogP contribution in [0.15, 0.2) is 18.3 Å². The molecule has 1 aliphatic rings. The Morgan fingerprint density at radius 1 is 1.35 bits per heavy atom. The molecule has 5 heteroatoms. The molecular weight excluding hydrogens is 238 g/mol. The van der Waals surface area contributed by atoms with Gasteiger partial charge in [0.15, 0.2) is 5.65 Å². The number of nitrogens with zero attached hydrogens (tertiary/aromatic N) is 3. The molecule has 1 saturated heterocycles. The fraction of sp³-hybridized carbons (Fsp3) is 0.500. The van der Waals surface area contributed by atoms with Crippen LogP contribution in [0, 0.1) is 5.92 Å². The summed E-state index contributed by atoms with van der Waals surface area (Å²) in [5, 5.41) is 9.02. The van der Waals surface area contributed by atoms with Crippen LogP contribution in [0.2, 0.25) is 5.02 Å². The lowest BCUT2D eigenvalue weighted by atomic mass is 9.96.